The Bertz CT molecular complexity index is 491. The monoisotopic (exact) mass is 288 g/mol. The van der Waals surface area contributed by atoms with Crippen LogP contribution in [0.3, 0.4) is 0 Å². The SMILES string of the molecule is OCC1CCCN1c1cc(NCC2CC=CCC2)ncn1. The Morgan fingerprint density at radius 1 is 1.29 bits per heavy atom. The Morgan fingerprint density at radius 3 is 3.05 bits per heavy atom. The molecule has 2 N–H and O–H groups in total. The molecule has 5 heteroatoms. The predicted molar refractivity (Wildman–Crippen MR) is 84.5 cm³/mol. The molecule has 0 radical (unpaired) electrons. The lowest BCUT2D eigenvalue weighted by Gasteiger charge is -2.24. The van der Waals surface area contributed by atoms with Crippen molar-refractivity contribution >= 4 is 11.6 Å². The van der Waals surface area contributed by atoms with Crippen molar-refractivity contribution < 1.29 is 5.11 Å². The van der Waals surface area contributed by atoms with Crippen molar-refractivity contribution in [1.29, 1.82) is 0 Å². The number of hydrogen-bond acceptors (Lipinski definition) is 5. The molecule has 2 unspecified atom stereocenters. The zero-order chi connectivity index (χ0) is 14.5. The van der Waals surface area contributed by atoms with Crippen molar-refractivity contribution in [3.8, 4) is 0 Å². The minimum atomic E-state index is 0.196. The highest BCUT2D eigenvalue weighted by atomic mass is 16.3. The second-order valence-electron chi connectivity index (χ2n) is 5.96. The summed E-state index contributed by atoms with van der Waals surface area (Å²) < 4.78 is 0. The van der Waals surface area contributed by atoms with Crippen molar-refractivity contribution in [2.24, 2.45) is 5.92 Å². The molecule has 21 heavy (non-hydrogen) atoms. The van der Waals surface area contributed by atoms with E-state index in [1.54, 1.807) is 6.33 Å². The molecule has 1 aromatic rings. The number of anilines is 2. The van der Waals surface area contributed by atoms with Gasteiger partial charge < -0.3 is 15.3 Å². The van der Waals surface area contributed by atoms with Crippen LogP contribution in [0, 0.1) is 5.92 Å². The lowest BCUT2D eigenvalue weighted by molar-refractivity contribution is 0.266. The molecular formula is C16H24N4O. The summed E-state index contributed by atoms with van der Waals surface area (Å²) in [5.41, 5.74) is 0. The quantitative estimate of drug-likeness (QED) is 0.813. The van der Waals surface area contributed by atoms with E-state index in [9.17, 15) is 5.11 Å². The maximum Gasteiger partial charge on any atom is 0.134 e. The lowest BCUT2D eigenvalue weighted by atomic mass is 9.94. The lowest BCUT2D eigenvalue weighted by Crippen LogP contribution is -2.32. The first-order chi connectivity index (χ1) is 10.4. The molecule has 0 bridgehead atoms. The third-order valence-electron chi connectivity index (χ3n) is 4.48. The molecule has 1 fully saturated rings. The highest BCUT2D eigenvalue weighted by Gasteiger charge is 2.25. The molecule has 0 saturated carbocycles. The van der Waals surface area contributed by atoms with Gasteiger partial charge in [-0.3, -0.25) is 0 Å². The minimum Gasteiger partial charge on any atom is -0.394 e. The highest BCUT2D eigenvalue weighted by molar-refractivity contribution is 5.49. The Kier molecular flexibility index (Phi) is 4.70. The van der Waals surface area contributed by atoms with Crippen LogP contribution in [0.4, 0.5) is 11.6 Å². The van der Waals surface area contributed by atoms with Gasteiger partial charge in [0.1, 0.15) is 18.0 Å². The molecule has 2 aliphatic rings. The van der Waals surface area contributed by atoms with E-state index < -0.39 is 0 Å². The summed E-state index contributed by atoms with van der Waals surface area (Å²) in [7, 11) is 0. The van der Waals surface area contributed by atoms with Crippen LogP contribution in [0.25, 0.3) is 0 Å². The zero-order valence-corrected chi connectivity index (χ0v) is 12.4. The van der Waals surface area contributed by atoms with Crippen molar-refractivity contribution in [3.05, 3.63) is 24.5 Å². The summed E-state index contributed by atoms with van der Waals surface area (Å²) in [5, 5.41) is 12.9. The largest absolute Gasteiger partial charge is 0.394 e. The zero-order valence-electron chi connectivity index (χ0n) is 12.4. The van der Waals surface area contributed by atoms with Crippen LogP contribution in [0.2, 0.25) is 0 Å². The number of aromatic nitrogens is 2. The van der Waals surface area contributed by atoms with E-state index in [0.717, 1.165) is 44.0 Å². The molecule has 0 spiro atoms. The van der Waals surface area contributed by atoms with Gasteiger partial charge in [0.25, 0.3) is 0 Å². The third-order valence-corrected chi connectivity index (χ3v) is 4.48. The Hall–Kier alpha value is -1.62. The smallest absolute Gasteiger partial charge is 0.134 e. The average Bonchev–Trinajstić information content (AvgIpc) is 3.03. The second kappa shape index (κ2) is 6.89. The molecule has 1 aliphatic carbocycles. The van der Waals surface area contributed by atoms with E-state index in [1.165, 1.54) is 12.8 Å². The Morgan fingerprint density at radius 2 is 2.24 bits per heavy atom. The van der Waals surface area contributed by atoms with E-state index in [0.29, 0.717) is 5.92 Å². The topological polar surface area (TPSA) is 61.3 Å². The summed E-state index contributed by atoms with van der Waals surface area (Å²) >= 11 is 0. The molecule has 1 aliphatic heterocycles. The van der Waals surface area contributed by atoms with Crippen LogP contribution in [-0.2, 0) is 0 Å². The van der Waals surface area contributed by atoms with Gasteiger partial charge >= 0.3 is 0 Å². The van der Waals surface area contributed by atoms with E-state index >= 15 is 0 Å². The molecular weight excluding hydrogens is 264 g/mol. The number of hydrogen-bond donors (Lipinski definition) is 2. The summed E-state index contributed by atoms with van der Waals surface area (Å²) in [6.07, 6.45) is 11.9. The van der Waals surface area contributed by atoms with Crippen molar-refractivity contribution in [2.75, 3.05) is 29.9 Å². The standard InChI is InChI=1S/C16H24N4O/c21-11-14-7-4-8-20(14)16-9-15(18-12-19-16)17-10-13-5-2-1-3-6-13/h1-2,9,12-14,21H,3-8,10-11H2,(H,17,18,19). The van der Waals surface area contributed by atoms with Gasteiger partial charge in [-0.05, 0) is 38.0 Å². The van der Waals surface area contributed by atoms with E-state index in [1.807, 2.05) is 6.07 Å². The Labute approximate surface area is 126 Å². The number of nitrogens with zero attached hydrogens (tertiary/aromatic N) is 3. The van der Waals surface area contributed by atoms with Crippen molar-refractivity contribution in [1.82, 2.24) is 9.97 Å². The Balaban J connectivity index is 1.61. The van der Waals surface area contributed by atoms with Crippen LogP contribution >= 0.6 is 0 Å². The summed E-state index contributed by atoms with van der Waals surface area (Å²) in [4.78, 5) is 10.9. The summed E-state index contributed by atoms with van der Waals surface area (Å²) in [6, 6.07) is 2.21. The van der Waals surface area contributed by atoms with Crippen molar-refractivity contribution in [2.45, 2.75) is 38.1 Å². The normalized spacial score (nSPS) is 25.3. The molecule has 2 atom stereocenters. The van der Waals surface area contributed by atoms with Gasteiger partial charge in [-0.1, -0.05) is 12.2 Å². The van der Waals surface area contributed by atoms with Gasteiger partial charge in [-0.2, -0.15) is 0 Å². The fourth-order valence-electron chi connectivity index (χ4n) is 3.22. The first-order valence-corrected chi connectivity index (χ1v) is 7.95. The molecule has 114 valence electrons. The number of nitrogens with one attached hydrogen (secondary N) is 1. The maximum atomic E-state index is 9.43. The molecule has 1 saturated heterocycles. The van der Waals surface area contributed by atoms with Crippen LogP contribution in [0.5, 0.6) is 0 Å². The molecule has 3 rings (SSSR count). The predicted octanol–water partition coefficient (Wildman–Crippen LogP) is 2.21. The average molecular weight is 288 g/mol. The number of aliphatic hydroxyl groups is 1. The first kappa shape index (κ1) is 14.3. The summed E-state index contributed by atoms with van der Waals surface area (Å²) in [5.74, 6) is 2.51. The van der Waals surface area contributed by atoms with Crippen LogP contribution in [0.1, 0.15) is 32.1 Å². The number of rotatable bonds is 5. The molecule has 0 amide bonds. The molecule has 5 nitrogen and oxygen atoms in total. The number of aliphatic hydroxyl groups excluding tert-OH is 1. The van der Waals surface area contributed by atoms with Gasteiger partial charge in [0.2, 0.25) is 0 Å². The summed E-state index contributed by atoms with van der Waals surface area (Å²) in [6.45, 7) is 2.13. The maximum absolute atomic E-state index is 9.43. The fourth-order valence-corrected chi connectivity index (χ4v) is 3.22. The van der Waals surface area contributed by atoms with Gasteiger partial charge in [0.15, 0.2) is 0 Å². The third kappa shape index (κ3) is 3.53. The van der Waals surface area contributed by atoms with E-state index in [4.69, 9.17) is 0 Å². The molecule has 1 aromatic heterocycles. The van der Waals surface area contributed by atoms with Crippen LogP contribution in [0.15, 0.2) is 24.5 Å². The van der Waals surface area contributed by atoms with Gasteiger partial charge in [-0.15, -0.1) is 0 Å². The van der Waals surface area contributed by atoms with Crippen molar-refractivity contribution in [3.63, 3.8) is 0 Å². The first-order valence-electron chi connectivity index (χ1n) is 7.95. The van der Waals surface area contributed by atoms with Gasteiger partial charge in [0.05, 0.1) is 12.6 Å². The van der Waals surface area contributed by atoms with Gasteiger partial charge in [0, 0.05) is 19.2 Å². The highest BCUT2D eigenvalue weighted by Crippen LogP contribution is 2.25. The second-order valence-corrected chi connectivity index (χ2v) is 5.96. The van der Waals surface area contributed by atoms with Crippen LogP contribution in [-0.4, -0.2) is 40.8 Å². The molecule has 0 aromatic carbocycles. The van der Waals surface area contributed by atoms with Crippen LogP contribution < -0.4 is 10.2 Å². The fraction of sp³-hybridized carbons (Fsp3) is 0.625. The van der Waals surface area contributed by atoms with E-state index in [-0.39, 0.29) is 12.6 Å². The molecule has 2 heterocycles. The van der Waals surface area contributed by atoms with Gasteiger partial charge in [-0.25, -0.2) is 9.97 Å². The minimum absolute atomic E-state index is 0.196. The van der Waals surface area contributed by atoms with E-state index in [2.05, 4.69) is 32.3 Å². The number of allylic oxidation sites excluding steroid dienone is 2.